The van der Waals surface area contributed by atoms with Crippen molar-refractivity contribution in [2.75, 3.05) is 5.32 Å². The van der Waals surface area contributed by atoms with Crippen LogP contribution in [0.1, 0.15) is 21.1 Å². The van der Waals surface area contributed by atoms with Gasteiger partial charge in [-0.25, -0.2) is 9.37 Å². The van der Waals surface area contributed by atoms with Crippen molar-refractivity contribution in [3.63, 3.8) is 0 Å². The van der Waals surface area contributed by atoms with Crippen LogP contribution in [0.4, 0.5) is 23.2 Å². The fraction of sp³-hybridized carbons (Fsp3) is 0.188. The number of hydrogen-bond donors (Lipinski definition) is 1. The summed E-state index contributed by atoms with van der Waals surface area (Å²) in [5.41, 5.74) is 0.740. The summed E-state index contributed by atoms with van der Waals surface area (Å²) < 4.78 is 53.6. The van der Waals surface area contributed by atoms with Crippen LogP contribution >= 0.6 is 11.3 Å². The van der Waals surface area contributed by atoms with Gasteiger partial charge < -0.3 is 5.32 Å². The Morgan fingerprint density at radius 2 is 2.00 bits per heavy atom. The molecule has 0 bridgehead atoms. The summed E-state index contributed by atoms with van der Waals surface area (Å²) in [7, 11) is 1.30. The maximum absolute atomic E-state index is 14.4. The first kappa shape index (κ1) is 18.1. The van der Waals surface area contributed by atoms with E-state index < -0.39 is 23.6 Å². The number of aromatic nitrogens is 3. The third-order valence-electron chi connectivity index (χ3n) is 3.63. The number of benzene rings is 1. The highest BCUT2D eigenvalue weighted by molar-refractivity contribution is 7.09. The van der Waals surface area contributed by atoms with Crippen LogP contribution in [0.25, 0.3) is 11.3 Å². The number of anilines is 1. The zero-order valence-electron chi connectivity index (χ0n) is 13.6. The van der Waals surface area contributed by atoms with E-state index in [-0.39, 0.29) is 22.6 Å². The van der Waals surface area contributed by atoms with Gasteiger partial charge in [0.25, 0.3) is 5.91 Å². The van der Waals surface area contributed by atoms with Crippen molar-refractivity contribution in [1.29, 1.82) is 0 Å². The highest BCUT2D eigenvalue weighted by Gasteiger charge is 2.35. The average Bonchev–Trinajstić information content (AvgIpc) is 3.13. The van der Waals surface area contributed by atoms with E-state index in [4.69, 9.17) is 0 Å². The van der Waals surface area contributed by atoms with E-state index in [1.165, 1.54) is 36.0 Å². The van der Waals surface area contributed by atoms with Gasteiger partial charge in [0, 0.05) is 23.2 Å². The van der Waals surface area contributed by atoms with Crippen molar-refractivity contribution >= 4 is 22.9 Å². The van der Waals surface area contributed by atoms with Crippen molar-refractivity contribution in [2.24, 2.45) is 7.05 Å². The van der Waals surface area contributed by atoms with E-state index in [0.717, 1.165) is 16.8 Å². The topological polar surface area (TPSA) is 59.8 Å². The van der Waals surface area contributed by atoms with Crippen LogP contribution in [0.3, 0.4) is 0 Å². The Kier molecular flexibility index (Phi) is 4.53. The van der Waals surface area contributed by atoms with E-state index in [1.54, 1.807) is 6.92 Å². The highest BCUT2D eigenvalue weighted by atomic mass is 32.1. The molecule has 2 aromatic heterocycles. The SMILES string of the molecule is Cc1scnc1C(=O)Nc1ccc(-c2cc(C(F)(F)F)nn2C)c(F)c1. The van der Waals surface area contributed by atoms with Gasteiger partial charge in [0.1, 0.15) is 11.5 Å². The lowest BCUT2D eigenvalue weighted by Crippen LogP contribution is -2.13. The Bertz CT molecular complexity index is 977. The first-order valence-corrected chi connectivity index (χ1v) is 8.17. The van der Waals surface area contributed by atoms with E-state index in [1.807, 2.05) is 0 Å². The van der Waals surface area contributed by atoms with Gasteiger partial charge in [0.15, 0.2) is 5.69 Å². The number of nitrogens with one attached hydrogen (secondary N) is 1. The Balaban J connectivity index is 1.88. The zero-order valence-corrected chi connectivity index (χ0v) is 14.4. The van der Waals surface area contributed by atoms with Gasteiger partial charge in [-0.15, -0.1) is 11.3 Å². The maximum Gasteiger partial charge on any atom is 0.435 e. The Labute approximate surface area is 149 Å². The molecule has 0 atom stereocenters. The van der Waals surface area contributed by atoms with E-state index >= 15 is 0 Å². The molecule has 1 N–H and O–H groups in total. The molecule has 0 saturated carbocycles. The van der Waals surface area contributed by atoms with Crippen LogP contribution in [0.15, 0.2) is 29.8 Å². The summed E-state index contributed by atoms with van der Waals surface area (Å²) in [6.07, 6.45) is -4.62. The molecule has 10 heteroatoms. The Hall–Kier alpha value is -2.75. The monoisotopic (exact) mass is 384 g/mol. The van der Waals surface area contributed by atoms with Crippen molar-refractivity contribution < 1.29 is 22.4 Å². The van der Waals surface area contributed by atoms with Gasteiger partial charge in [-0.1, -0.05) is 0 Å². The number of carbonyl (C=O) groups is 1. The predicted octanol–water partition coefficient (Wildman–Crippen LogP) is 4.26. The van der Waals surface area contributed by atoms with Crippen molar-refractivity contribution in [1.82, 2.24) is 14.8 Å². The quantitative estimate of drug-likeness (QED) is 0.687. The molecule has 0 aliphatic rings. The first-order chi connectivity index (χ1) is 12.2. The molecule has 0 unspecified atom stereocenters. The number of hydrogen-bond acceptors (Lipinski definition) is 4. The third kappa shape index (κ3) is 3.45. The van der Waals surface area contributed by atoms with Crippen LogP contribution < -0.4 is 5.32 Å². The molecule has 0 fully saturated rings. The van der Waals surface area contributed by atoms with E-state index in [0.29, 0.717) is 4.88 Å². The molecule has 2 heterocycles. The summed E-state index contributed by atoms with van der Waals surface area (Å²) in [5.74, 6) is -1.27. The third-order valence-corrected chi connectivity index (χ3v) is 4.39. The van der Waals surface area contributed by atoms with Gasteiger partial charge in [-0.2, -0.15) is 18.3 Å². The lowest BCUT2D eigenvalue weighted by molar-refractivity contribution is -0.141. The molecular formula is C16H12F4N4OS. The van der Waals surface area contributed by atoms with E-state index in [2.05, 4.69) is 15.4 Å². The number of carbonyl (C=O) groups excluding carboxylic acids is 1. The molecule has 0 aliphatic heterocycles. The molecule has 5 nitrogen and oxygen atoms in total. The lowest BCUT2D eigenvalue weighted by atomic mass is 10.1. The van der Waals surface area contributed by atoms with Crippen LogP contribution in [-0.4, -0.2) is 20.7 Å². The second kappa shape index (κ2) is 6.52. The molecule has 26 heavy (non-hydrogen) atoms. The van der Waals surface area contributed by atoms with Crippen molar-refractivity contribution in [3.05, 3.63) is 51.9 Å². The maximum atomic E-state index is 14.4. The molecule has 3 aromatic rings. The molecule has 0 aliphatic carbocycles. The highest BCUT2D eigenvalue weighted by Crippen LogP contribution is 2.32. The zero-order chi connectivity index (χ0) is 19.1. The number of rotatable bonds is 3. The standard InChI is InChI=1S/C16H12F4N4OS/c1-8-14(21-7-26-8)15(25)22-9-3-4-10(11(17)5-9)12-6-13(16(18,19)20)23-24(12)2/h3-7H,1-2H3,(H,22,25). The molecule has 0 spiro atoms. The summed E-state index contributed by atoms with van der Waals surface area (Å²) in [4.78, 5) is 16.7. The largest absolute Gasteiger partial charge is 0.435 e. The minimum absolute atomic E-state index is 0.0250. The number of amides is 1. The van der Waals surface area contributed by atoms with Gasteiger partial charge in [0.05, 0.1) is 11.2 Å². The number of alkyl halides is 3. The second-order valence-electron chi connectivity index (χ2n) is 5.44. The number of thiazole rings is 1. The van der Waals surface area contributed by atoms with Crippen molar-refractivity contribution in [3.8, 4) is 11.3 Å². The summed E-state index contributed by atoms with van der Waals surface area (Å²) in [6.45, 7) is 1.73. The molecule has 1 aromatic carbocycles. The molecule has 0 radical (unpaired) electrons. The van der Waals surface area contributed by atoms with E-state index in [9.17, 15) is 22.4 Å². The summed E-state index contributed by atoms with van der Waals surface area (Å²) in [6, 6.07) is 4.50. The van der Waals surface area contributed by atoms with Crippen LogP contribution in [-0.2, 0) is 13.2 Å². The molecule has 3 rings (SSSR count). The molecule has 136 valence electrons. The minimum atomic E-state index is -4.62. The van der Waals surface area contributed by atoms with Gasteiger partial charge >= 0.3 is 6.18 Å². The lowest BCUT2D eigenvalue weighted by Gasteiger charge is -2.08. The van der Waals surface area contributed by atoms with Gasteiger partial charge in [0.2, 0.25) is 0 Å². The summed E-state index contributed by atoms with van der Waals surface area (Å²) >= 11 is 1.30. The second-order valence-corrected chi connectivity index (χ2v) is 6.50. The molecular weight excluding hydrogens is 372 g/mol. The van der Waals surface area contributed by atoms with Crippen LogP contribution in [0, 0.1) is 12.7 Å². The normalized spacial score (nSPS) is 11.6. The molecule has 0 saturated heterocycles. The average molecular weight is 384 g/mol. The fourth-order valence-corrected chi connectivity index (χ4v) is 2.95. The predicted molar refractivity (Wildman–Crippen MR) is 88.4 cm³/mol. The number of nitrogens with zero attached hydrogens (tertiary/aromatic N) is 3. The minimum Gasteiger partial charge on any atom is -0.321 e. The van der Waals surface area contributed by atoms with Crippen LogP contribution in [0.2, 0.25) is 0 Å². The van der Waals surface area contributed by atoms with Gasteiger partial charge in [-0.05, 0) is 31.2 Å². The Morgan fingerprint density at radius 3 is 2.54 bits per heavy atom. The smallest absolute Gasteiger partial charge is 0.321 e. The Morgan fingerprint density at radius 1 is 1.27 bits per heavy atom. The van der Waals surface area contributed by atoms with Crippen LogP contribution in [0.5, 0.6) is 0 Å². The van der Waals surface area contributed by atoms with Crippen molar-refractivity contribution in [2.45, 2.75) is 13.1 Å². The van der Waals surface area contributed by atoms with Gasteiger partial charge in [-0.3, -0.25) is 9.48 Å². The fourth-order valence-electron chi connectivity index (χ4n) is 2.37. The first-order valence-electron chi connectivity index (χ1n) is 7.29. The number of halogens is 4. The molecule has 1 amide bonds. The number of aryl methyl sites for hydroxylation is 2. The summed E-state index contributed by atoms with van der Waals surface area (Å²) in [5, 5.41) is 5.87.